The molecule has 1 amide bonds. The summed E-state index contributed by atoms with van der Waals surface area (Å²) in [5.74, 6) is -1.14. The zero-order chi connectivity index (χ0) is 15.7. The Hall–Kier alpha value is -2.64. The summed E-state index contributed by atoms with van der Waals surface area (Å²) in [7, 11) is 0. The maximum absolute atomic E-state index is 11.3. The van der Waals surface area contributed by atoms with Gasteiger partial charge in [-0.05, 0) is 18.6 Å². The molecule has 0 radical (unpaired) electrons. The highest BCUT2D eigenvalue weighted by Gasteiger charge is 2.04. The number of nitrogens with zero attached hydrogens (tertiary/aromatic N) is 1. The van der Waals surface area contributed by atoms with E-state index in [4.69, 9.17) is 5.11 Å². The van der Waals surface area contributed by atoms with E-state index in [0.717, 1.165) is 5.69 Å². The molecule has 0 saturated heterocycles. The lowest BCUT2D eigenvalue weighted by molar-refractivity contribution is -0.384. The van der Waals surface area contributed by atoms with E-state index in [2.05, 4.69) is 10.6 Å². The van der Waals surface area contributed by atoms with Crippen molar-refractivity contribution in [2.24, 2.45) is 0 Å². The number of carbonyl (C=O) groups is 2. The number of nitro groups is 1. The standard InChI is InChI=1S/C13H17N3O5/c17-12(15-9-7-13(18)19)2-1-8-14-10-3-5-11(6-4-10)16(20)21/h3-6,14H,1-2,7-9H2,(H,15,17)(H,18,19). The second kappa shape index (κ2) is 8.51. The fraction of sp³-hybridized carbons (Fsp3) is 0.385. The van der Waals surface area contributed by atoms with Crippen molar-refractivity contribution in [1.82, 2.24) is 5.32 Å². The smallest absolute Gasteiger partial charge is 0.305 e. The first-order chi connectivity index (χ1) is 9.99. The first-order valence-corrected chi connectivity index (χ1v) is 6.46. The average Bonchev–Trinajstić information content (AvgIpc) is 2.43. The van der Waals surface area contributed by atoms with Crippen LogP contribution < -0.4 is 10.6 Å². The highest BCUT2D eigenvalue weighted by atomic mass is 16.6. The van der Waals surface area contributed by atoms with E-state index in [1.807, 2.05) is 0 Å². The van der Waals surface area contributed by atoms with Crippen molar-refractivity contribution in [3.05, 3.63) is 34.4 Å². The molecule has 3 N–H and O–H groups in total. The van der Waals surface area contributed by atoms with Gasteiger partial charge in [-0.1, -0.05) is 0 Å². The summed E-state index contributed by atoms with van der Waals surface area (Å²) in [5.41, 5.74) is 0.769. The Balaban J connectivity index is 2.17. The third kappa shape index (κ3) is 6.90. The summed E-state index contributed by atoms with van der Waals surface area (Å²) in [4.78, 5) is 31.6. The maximum atomic E-state index is 11.3. The van der Waals surface area contributed by atoms with Gasteiger partial charge in [0.25, 0.3) is 5.69 Å². The van der Waals surface area contributed by atoms with Crippen LogP contribution in [0.1, 0.15) is 19.3 Å². The summed E-state index contributed by atoms with van der Waals surface area (Å²) in [6.07, 6.45) is 0.780. The van der Waals surface area contributed by atoms with E-state index >= 15 is 0 Å². The van der Waals surface area contributed by atoms with Gasteiger partial charge in [-0.3, -0.25) is 19.7 Å². The molecule has 1 aromatic carbocycles. The van der Waals surface area contributed by atoms with Gasteiger partial charge in [-0.15, -0.1) is 0 Å². The van der Waals surface area contributed by atoms with E-state index in [-0.39, 0.29) is 24.6 Å². The third-order valence-corrected chi connectivity index (χ3v) is 2.65. The second-order valence-corrected chi connectivity index (χ2v) is 4.33. The number of amides is 1. The van der Waals surface area contributed by atoms with Gasteiger partial charge in [0.15, 0.2) is 0 Å². The number of carboxylic acid groups (broad SMARTS) is 1. The van der Waals surface area contributed by atoms with Crippen molar-refractivity contribution >= 4 is 23.3 Å². The largest absolute Gasteiger partial charge is 0.481 e. The Labute approximate surface area is 121 Å². The molecule has 1 aromatic rings. The molecular weight excluding hydrogens is 278 g/mol. The number of benzene rings is 1. The summed E-state index contributed by atoms with van der Waals surface area (Å²) >= 11 is 0. The number of nitro benzene ring substituents is 1. The number of carboxylic acids is 1. The van der Waals surface area contributed by atoms with Gasteiger partial charge in [0, 0.05) is 37.3 Å². The van der Waals surface area contributed by atoms with E-state index < -0.39 is 10.9 Å². The minimum absolute atomic E-state index is 0.0263. The number of carbonyl (C=O) groups excluding carboxylic acids is 1. The number of non-ortho nitro benzene ring substituents is 1. The molecule has 0 aromatic heterocycles. The maximum Gasteiger partial charge on any atom is 0.305 e. The predicted molar refractivity (Wildman–Crippen MR) is 76.1 cm³/mol. The van der Waals surface area contributed by atoms with Gasteiger partial charge in [0.2, 0.25) is 5.91 Å². The van der Waals surface area contributed by atoms with Gasteiger partial charge < -0.3 is 15.7 Å². The number of anilines is 1. The molecule has 0 atom stereocenters. The second-order valence-electron chi connectivity index (χ2n) is 4.33. The number of nitrogens with one attached hydrogen (secondary N) is 2. The SMILES string of the molecule is O=C(O)CCNC(=O)CCCNc1ccc([N+](=O)[O-])cc1. The lowest BCUT2D eigenvalue weighted by atomic mass is 10.2. The monoisotopic (exact) mass is 295 g/mol. The molecule has 1 rings (SSSR count). The van der Waals surface area contributed by atoms with E-state index in [0.29, 0.717) is 19.4 Å². The molecule has 8 heteroatoms. The summed E-state index contributed by atoms with van der Waals surface area (Å²) in [5, 5.41) is 24.5. The average molecular weight is 295 g/mol. The van der Waals surface area contributed by atoms with Crippen molar-refractivity contribution in [2.45, 2.75) is 19.3 Å². The van der Waals surface area contributed by atoms with Crippen molar-refractivity contribution in [1.29, 1.82) is 0 Å². The van der Waals surface area contributed by atoms with Crippen molar-refractivity contribution in [3.8, 4) is 0 Å². The predicted octanol–water partition coefficient (Wildman–Crippen LogP) is 1.38. The summed E-state index contributed by atoms with van der Waals surface area (Å²) < 4.78 is 0. The number of hydrogen-bond donors (Lipinski definition) is 3. The van der Waals surface area contributed by atoms with E-state index in [9.17, 15) is 19.7 Å². The molecule has 21 heavy (non-hydrogen) atoms. The molecule has 0 fully saturated rings. The summed E-state index contributed by atoms with van der Waals surface area (Å²) in [6, 6.07) is 6.01. The zero-order valence-electron chi connectivity index (χ0n) is 11.4. The molecule has 0 aliphatic rings. The number of hydrogen-bond acceptors (Lipinski definition) is 5. The van der Waals surface area contributed by atoms with Gasteiger partial charge in [-0.25, -0.2) is 0 Å². The molecule has 0 heterocycles. The van der Waals surface area contributed by atoms with Gasteiger partial charge >= 0.3 is 5.97 Å². The molecule has 0 aliphatic carbocycles. The zero-order valence-corrected chi connectivity index (χ0v) is 11.4. The Kier molecular flexibility index (Phi) is 6.66. The minimum Gasteiger partial charge on any atom is -0.481 e. The van der Waals surface area contributed by atoms with Crippen LogP contribution in [-0.4, -0.2) is 35.0 Å². The van der Waals surface area contributed by atoms with Crippen LogP contribution in [0.3, 0.4) is 0 Å². The van der Waals surface area contributed by atoms with Crippen LogP contribution in [0.25, 0.3) is 0 Å². The van der Waals surface area contributed by atoms with Crippen molar-refractivity contribution < 1.29 is 19.6 Å². The molecule has 0 saturated carbocycles. The first-order valence-electron chi connectivity index (χ1n) is 6.46. The molecule has 0 bridgehead atoms. The van der Waals surface area contributed by atoms with Gasteiger partial charge in [0.05, 0.1) is 11.3 Å². The Morgan fingerprint density at radius 3 is 2.38 bits per heavy atom. The van der Waals surface area contributed by atoms with Crippen LogP contribution in [0.4, 0.5) is 11.4 Å². The van der Waals surface area contributed by atoms with Gasteiger partial charge in [0.1, 0.15) is 0 Å². The number of rotatable bonds is 9. The summed E-state index contributed by atoms with van der Waals surface area (Å²) in [6.45, 7) is 0.675. The fourth-order valence-corrected chi connectivity index (χ4v) is 1.58. The fourth-order valence-electron chi connectivity index (χ4n) is 1.58. The van der Waals surface area contributed by atoms with Crippen molar-refractivity contribution in [2.75, 3.05) is 18.4 Å². The molecular formula is C13H17N3O5. The number of aliphatic carboxylic acids is 1. The molecule has 8 nitrogen and oxygen atoms in total. The topological polar surface area (TPSA) is 122 Å². The third-order valence-electron chi connectivity index (χ3n) is 2.65. The van der Waals surface area contributed by atoms with Crippen LogP contribution in [0, 0.1) is 10.1 Å². The molecule has 0 spiro atoms. The van der Waals surface area contributed by atoms with Crippen LogP contribution in [0.2, 0.25) is 0 Å². The normalized spacial score (nSPS) is 9.90. The first kappa shape index (κ1) is 16.4. The van der Waals surface area contributed by atoms with Gasteiger partial charge in [-0.2, -0.15) is 0 Å². The Morgan fingerprint density at radius 2 is 1.81 bits per heavy atom. The molecule has 114 valence electrons. The molecule has 0 unspecified atom stereocenters. The lowest BCUT2D eigenvalue weighted by Crippen LogP contribution is -2.26. The lowest BCUT2D eigenvalue weighted by Gasteiger charge is -2.06. The highest BCUT2D eigenvalue weighted by molar-refractivity contribution is 5.76. The van der Waals surface area contributed by atoms with Crippen LogP contribution in [0.5, 0.6) is 0 Å². The quantitative estimate of drug-likeness (QED) is 0.359. The van der Waals surface area contributed by atoms with E-state index in [1.165, 1.54) is 12.1 Å². The van der Waals surface area contributed by atoms with Crippen LogP contribution in [0.15, 0.2) is 24.3 Å². The Morgan fingerprint density at radius 1 is 1.14 bits per heavy atom. The molecule has 0 aliphatic heterocycles. The van der Waals surface area contributed by atoms with Crippen molar-refractivity contribution in [3.63, 3.8) is 0 Å². The Bertz CT molecular complexity index is 501. The minimum atomic E-state index is -0.949. The van der Waals surface area contributed by atoms with Crippen LogP contribution >= 0.6 is 0 Å². The van der Waals surface area contributed by atoms with E-state index in [1.54, 1.807) is 12.1 Å². The highest BCUT2D eigenvalue weighted by Crippen LogP contribution is 2.15. The van der Waals surface area contributed by atoms with Crippen LogP contribution in [-0.2, 0) is 9.59 Å².